The quantitative estimate of drug-likeness (QED) is 0.619. The molecule has 4 rings (SSSR count). The Labute approximate surface area is 186 Å². The van der Waals surface area contributed by atoms with E-state index in [1.54, 1.807) is 0 Å². The smallest absolute Gasteiger partial charge is 0.378 e. The molecule has 0 amide bonds. The van der Waals surface area contributed by atoms with E-state index in [0.717, 1.165) is 41.2 Å². The van der Waals surface area contributed by atoms with Gasteiger partial charge in [-0.3, -0.25) is 4.79 Å². The van der Waals surface area contributed by atoms with Crippen LogP contribution in [0.25, 0.3) is 5.82 Å². The molecular weight excluding hydrogens is 447 g/mol. The molecule has 1 aliphatic heterocycles. The Balaban J connectivity index is 1.45. The molecule has 0 aliphatic carbocycles. The molecular formula is C21H19ClF3N5O2. The van der Waals surface area contributed by atoms with Crippen molar-refractivity contribution in [2.45, 2.75) is 12.7 Å². The van der Waals surface area contributed by atoms with Crippen LogP contribution < -0.4 is 15.8 Å². The first-order chi connectivity index (χ1) is 15.3. The first-order valence-electron chi connectivity index (χ1n) is 9.80. The van der Waals surface area contributed by atoms with Gasteiger partial charge in [-0.15, -0.1) is 0 Å². The fraction of sp³-hybridized carbons (Fsp3) is 0.286. The van der Waals surface area contributed by atoms with E-state index in [1.165, 1.54) is 6.20 Å². The number of hydrogen-bond acceptors (Lipinski definition) is 6. The highest BCUT2D eigenvalue weighted by Gasteiger charge is 2.30. The highest BCUT2D eigenvalue weighted by Crippen LogP contribution is 2.28. The number of aromatic nitrogens is 3. The molecule has 0 bridgehead atoms. The van der Waals surface area contributed by atoms with E-state index in [4.69, 9.17) is 16.3 Å². The van der Waals surface area contributed by atoms with Crippen LogP contribution >= 0.6 is 11.6 Å². The molecule has 1 saturated heterocycles. The summed E-state index contributed by atoms with van der Waals surface area (Å²) in [6.07, 6.45) is -2.54. The number of anilines is 2. The lowest BCUT2D eigenvalue weighted by Gasteiger charge is -2.28. The Morgan fingerprint density at radius 3 is 2.41 bits per heavy atom. The molecule has 2 aromatic heterocycles. The van der Waals surface area contributed by atoms with Crippen molar-refractivity contribution in [3.63, 3.8) is 0 Å². The number of benzene rings is 1. The van der Waals surface area contributed by atoms with Crippen molar-refractivity contribution in [1.29, 1.82) is 0 Å². The van der Waals surface area contributed by atoms with Crippen molar-refractivity contribution in [2.24, 2.45) is 0 Å². The predicted molar refractivity (Wildman–Crippen MR) is 114 cm³/mol. The van der Waals surface area contributed by atoms with Gasteiger partial charge in [0, 0.05) is 31.5 Å². The zero-order valence-electron chi connectivity index (χ0n) is 16.8. The summed E-state index contributed by atoms with van der Waals surface area (Å²) in [5, 5.41) is 6.92. The van der Waals surface area contributed by atoms with Crippen LogP contribution in [0, 0.1) is 0 Å². The molecule has 11 heteroatoms. The van der Waals surface area contributed by atoms with Crippen LogP contribution in [0.1, 0.15) is 11.1 Å². The average molecular weight is 466 g/mol. The van der Waals surface area contributed by atoms with Crippen molar-refractivity contribution < 1.29 is 17.9 Å². The van der Waals surface area contributed by atoms with Gasteiger partial charge in [0.2, 0.25) is 0 Å². The van der Waals surface area contributed by atoms with E-state index in [1.807, 2.05) is 24.3 Å². The van der Waals surface area contributed by atoms with Crippen molar-refractivity contribution in [2.75, 3.05) is 36.5 Å². The third-order valence-electron chi connectivity index (χ3n) is 5.01. The molecule has 0 saturated carbocycles. The molecule has 1 aliphatic rings. The largest absolute Gasteiger partial charge is 0.417 e. The predicted octanol–water partition coefficient (Wildman–Crippen LogP) is 3.75. The number of halogens is 4. The molecule has 7 nitrogen and oxygen atoms in total. The molecule has 0 spiro atoms. The van der Waals surface area contributed by atoms with Crippen LogP contribution in [0.4, 0.5) is 24.5 Å². The number of hydrogen-bond donors (Lipinski definition) is 1. The first kappa shape index (κ1) is 22.1. The van der Waals surface area contributed by atoms with Gasteiger partial charge in [0.05, 0.1) is 30.7 Å². The van der Waals surface area contributed by atoms with Crippen LogP contribution in [0.5, 0.6) is 0 Å². The van der Waals surface area contributed by atoms with Gasteiger partial charge in [0.1, 0.15) is 5.02 Å². The highest BCUT2D eigenvalue weighted by atomic mass is 35.5. The minimum Gasteiger partial charge on any atom is -0.378 e. The molecule has 3 aromatic rings. The Bertz CT molecular complexity index is 1130. The second kappa shape index (κ2) is 9.17. The summed E-state index contributed by atoms with van der Waals surface area (Å²) < 4.78 is 44.3. The van der Waals surface area contributed by atoms with Crippen LogP contribution in [-0.2, 0) is 17.5 Å². The van der Waals surface area contributed by atoms with Crippen molar-refractivity contribution in [1.82, 2.24) is 14.8 Å². The number of nitrogens with one attached hydrogen (secondary N) is 1. The van der Waals surface area contributed by atoms with E-state index in [2.05, 4.69) is 20.3 Å². The summed E-state index contributed by atoms with van der Waals surface area (Å²) in [6.45, 7) is 3.53. The maximum atomic E-state index is 12.7. The van der Waals surface area contributed by atoms with E-state index >= 15 is 0 Å². The SMILES string of the molecule is O=c1c(Cl)c(NCc2ccc(N3CCOCC3)cc2)cnn1-c1ccc(C(F)(F)F)cn1. The number of alkyl halides is 3. The first-order valence-corrected chi connectivity index (χ1v) is 10.2. The van der Waals surface area contributed by atoms with Crippen LogP contribution in [0.2, 0.25) is 5.02 Å². The van der Waals surface area contributed by atoms with E-state index in [0.29, 0.717) is 31.6 Å². The Morgan fingerprint density at radius 2 is 1.78 bits per heavy atom. The van der Waals surface area contributed by atoms with Gasteiger partial charge >= 0.3 is 6.18 Å². The molecule has 3 heterocycles. The zero-order valence-corrected chi connectivity index (χ0v) is 17.5. The minimum absolute atomic E-state index is 0.0600. The Hall–Kier alpha value is -3.11. The lowest BCUT2D eigenvalue weighted by atomic mass is 10.2. The van der Waals surface area contributed by atoms with Crippen molar-refractivity contribution in [3.8, 4) is 5.82 Å². The van der Waals surface area contributed by atoms with Crippen molar-refractivity contribution in [3.05, 3.63) is 75.3 Å². The van der Waals surface area contributed by atoms with Gasteiger partial charge in [-0.2, -0.15) is 23.0 Å². The molecule has 1 N–H and O–H groups in total. The standard InChI is InChI=1S/C21H19ClF3N5O2/c22-19-17(26-11-14-1-4-16(5-2-14)29-7-9-32-10-8-29)13-28-30(20(19)31)18-6-3-15(12-27-18)21(23,24)25/h1-6,12-13,26H,7-11H2. The third-order valence-corrected chi connectivity index (χ3v) is 5.37. The lowest BCUT2D eigenvalue weighted by molar-refractivity contribution is -0.137. The Morgan fingerprint density at radius 1 is 1.06 bits per heavy atom. The summed E-state index contributed by atoms with van der Waals surface area (Å²) >= 11 is 6.18. The molecule has 1 aromatic carbocycles. The minimum atomic E-state index is -4.52. The molecule has 32 heavy (non-hydrogen) atoms. The number of ether oxygens (including phenoxy) is 1. The number of pyridine rings is 1. The van der Waals surface area contributed by atoms with E-state index < -0.39 is 17.3 Å². The van der Waals surface area contributed by atoms with Crippen LogP contribution in [-0.4, -0.2) is 41.1 Å². The zero-order chi connectivity index (χ0) is 22.7. The van der Waals surface area contributed by atoms with Gasteiger partial charge in [-0.25, -0.2) is 4.98 Å². The van der Waals surface area contributed by atoms with Crippen LogP contribution in [0.15, 0.2) is 53.6 Å². The average Bonchev–Trinajstić information content (AvgIpc) is 2.80. The van der Waals surface area contributed by atoms with Gasteiger partial charge in [0.25, 0.3) is 5.56 Å². The number of nitrogens with zero attached hydrogens (tertiary/aromatic N) is 4. The fourth-order valence-electron chi connectivity index (χ4n) is 3.24. The van der Waals surface area contributed by atoms with Gasteiger partial charge in [-0.05, 0) is 29.8 Å². The Kier molecular flexibility index (Phi) is 6.33. The second-order valence-corrected chi connectivity index (χ2v) is 7.49. The normalized spacial score (nSPS) is 14.4. The summed E-state index contributed by atoms with van der Waals surface area (Å²) in [4.78, 5) is 18.5. The maximum absolute atomic E-state index is 12.7. The van der Waals surface area contributed by atoms with Gasteiger partial charge < -0.3 is 15.0 Å². The monoisotopic (exact) mass is 465 g/mol. The van der Waals surface area contributed by atoms with Crippen molar-refractivity contribution >= 4 is 23.0 Å². The second-order valence-electron chi connectivity index (χ2n) is 7.11. The topological polar surface area (TPSA) is 72.3 Å². The lowest BCUT2D eigenvalue weighted by Crippen LogP contribution is -2.36. The molecule has 0 atom stereocenters. The van der Waals surface area contributed by atoms with Gasteiger partial charge in [-0.1, -0.05) is 23.7 Å². The number of rotatable bonds is 5. The molecule has 1 fully saturated rings. The van der Waals surface area contributed by atoms with Gasteiger partial charge in [0.15, 0.2) is 5.82 Å². The van der Waals surface area contributed by atoms with Crippen LogP contribution in [0.3, 0.4) is 0 Å². The summed E-state index contributed by atoms with van der Waals surface area (Å²) in [5.74, 6) is -0.0600. The third kappa shape index (κ3) is 4.86. The fourth-order valence-corrected chi connectivity index (χ4v) is 3.44. The molecule has 168 valence electrons. The highest BCUT2D eigenvalue weighted by molar-refractivity contribution is 6.32. The number of morpholine rings is 1. The molecule has 0 unspecified atom stereocenters. The summed E-state index contributed by atoms with van der Waals surface area (Å²) in [5.41, 5.74) is 0.803. The summed E-state index contributed by atoms with van der Waals surface area (Å²) in [7, 11) is 0. The maximum Gasteiger partial charge on any atom is 0.417 e. The van der Waals surface area contributed by atoms with E-state index in [-0.39, 0.29) is 10.8 Å². The molecule has 0 radical (unpaired) electrons. The van der Waals surface area contributed by atoms with E-state index in [9.17, 15) is 18.0 Å². The summed E-state index contributed by atoms with van der Waals surface area (Å²) in [6, 6.07) is 9.90.